The molecule has 1 N–H and O–H groups in total. The van der Waals surface area contributed by atoms with Gasteiger partial charge in [0.15, 0.2) is 0 Å². The van der Waals surface area contributed by atoms with Crippen molar-refractivity contribution in [1.29, 1.82) is 0 Å². The molecule has 0 bridgehead atoms. The summed E-state index contributed by atoms with van der Waals surface area (Å²) in [4.78, 5) is 12.1. The van der Waals surface area contributed by atoms with Crippen molar-refractivity contribution in [2.75, 3.05) is 5.32 Å². The smallest absolute Gasteiger partial charge is 0.258 e. The van der Waals surface area contributed by atoms with Crippen molar-refractivity contribution in [2.45, 2.75) is 26.2 Å². The predicted octanol–water partition coefficient (Wildman–Crippen LogP) is 2.72. The number of rotatable bonds is 2. The molecule has 18 heavy (non-hydrogen) atoms. The fraction of sp³-hybridized carbons (Fsp3) is 0.286. The summed E-state index contributed by atoms with van der Waals surface area (Å²) < 4.78 is 5.18. The Labute approximate surface area is 105 Å². The Kier molecular flexibility index (Phi) is 2.63. The van der Waals surface area contributed by atoms with E-state index in [2.05, 4.69) is 10.5 Å². The molecule has 0 unspecified atom stereocenters. The SMILES string of the molecule is Cc1cccc(C(=O)Nc2onc3c2CCC3)c1. The van der Waals surface area contributed by atoms with E-state index in [0.717, 1.165) is 36.1 Å². The van der Waals surface area contributed by atoms with E-state index >= 15 is 0 Å². The molecule has 0 fully saturated rings. The van der Waals surface area contributed by atoms with E-state index in [9.17, 15) is 4.79 Å². The fourth-order valence-corrected chi connectivity index (χ4v) is 2.29. The summed E-state index contributed by atoms with van der Waals surface area (Å²) in [5.74, 6) is 0.360. The molecular formula is C14H14N2O2. The molecule has 1 aliphatic carbocycles. The number of carbonyl (C=O) groups excluding carboxylic acids is 1. The second-order valence-electron chi connectivity index (χ2n) is 4.61. The van der Waals surface area contributed by atoms with Crippen LogP contribution < -0.4 is 5.32 Å². The van der Waals surface area contributed by atoms with Crippen molar-refractivity contribution >= 4 is 11.8 Å². The van der Waals surface area contributed by atoms with Crippen molar-refractivity contribution in [3.63, 3.8) is 0 Å². The predicted molar refractivity (Wildman–Crippen MR) is 67.7 cm³/mol. The highest BCUT2D eigenvalue weighted by Gasteiger charge is 2.22. The van der Waals surface area contributed by atoms with Crippen molar-refractivity contribution in [3.8, 4) is 0 Å². The Morgan fingerprint density at radius 3 is 3.11 bits per heavy atom. The van der Waals surface area contributed by atoms with Crippen LogP contribution in [0.25, 0.3) is 0 Å². The number of carbonyl (C=O) groups is 1. The molecule has 0 radical (unpaired) electrons. The third kappa shape index (κ3) is 1.90. The Morgan fingerprint density at radius 2 is 2.28 bits per heavy atom. The summed E-state index contributed by atoms with van der Waals surface area (Å²) in [5.41, 5.74) is 3.73. The lowest BCUT2D eigenvalue weighted by molar-refractivity contribution is 0.102. The van der Waals surface area contributed by atoms with E-state index in [1.54, 1.807) is 6.07 Å². The largest absolute Gasteiger partial charge is 0.338 e. The third-order valence-corrected chi connectivity index (χ3v) is 3.22. The van der Waals surface area contributed by atoms with Crippen LogP contribution >= 0.6 is 0 Å². The van der Waals surface area contributed by atoms with Gasteiger partial charge in [0.05, 0.1) is 5.69 Å². The molecule has 1 amide bonds. The lowest BCUT2D eigenvalue weighted by Crippen LogP contribution is -2.12. The number of benzene rings is 1. The van der Waals surface area contributed by atoms with E-state index in [4.69, 9.17) is 4.52 Å². The van der Waals surface area contributed by atoms with Crippen LogP contribution in [0.15, 0.2) is 28.8 Å². The molecule has 2 aromatic rings. The van der Waals surface area contributed by atoms with Gasteiger partial charge in [0.1, 0.15) is 0 Å². The van der Waals surface area contributed by atoms with Gasteiger partial charge in [0.2, 0.25) is 5.88 Å². The van der Waals surface area contributed by atoms with Crippen molar-refractivity contribution in [2.24, 2.45) is 0 Å². The van der Waals surface area contributed by atoms with Gasteiger partial charge >= 0.3 is 0 Å². The third-order valence-electron chi connectivity index (χ3n) is 3.22. The molecule has 92 valence electrons. The molecule has 0 saturated carbocycles. The molecule has 1 aromatic carbocycles. The van der Waals surface area contributed by atoms with E-state index in [1.807, 2.05) is 25.1 Å². The van der Waals surface area contributed by atoms with Crippen molar-refractivity contribution < 1.29 is 9.32 Å². The number of nitrogens with zero attached hydrogens (tertiary/aromatic N) is 1. The first-order valence-corrected chi connectivity index (χ1v) is 6.09. The van der Waals surface area contributed by atoms with Gasteiger partial charge in [0.25, 0.3) is 5.91 Å². The second kappa shape index (κ2) is 4.29. The molecule has 1 heterocycles. The number of aryl methyl sites for hydroxylation is 2. The minimum absolute atomic E-state index is 0.149. The number of aromatic nitrogens is 1. The van der Waals surface area contributed by atoms with Crippen LogP contribution in [0.1, 0.15) is 33.6 Å². The van der Waals surface area contributed by atoms with Crippen LogP contribution in [0.2, 0.25) is 0 Å². The molecule has 1 aliphatic rings. The van der Waals surface area contributed by atoms with Crippen LogP contribution in [0.4, 0.5) is 5.88 Å². The van der Waals surface area contributed by atoms with Gasteiger partial charge in [-0.2, -0.15) is 0 Å². The maximum absolute atomic E-state index is 12.1. The minimum Gasteiger partial charge on any atom is -0.338 e. The average Bonchev–Trinajstić information content (AvgIpc) is 2.94. The standard InChI is InChI=1S/C14H14N2O2/c1-9-4-2-5-10(8-9)13(17)15-14-11-6-3-7-12(11)16-18-14/h2,4-5,8H,3,6-7H2,1H3,(H,15,17). The molecule has 0 aliphatic heterocycles. The number of amides is 1. The van der Waals surface area contributed by atoms with E-state index in [1.165, 1.54) is 0 Å². The Balaban J connectivity index is 1.82. The zero-order valence-electron chi connectivity index (χ0n) is 10.2. The highest BCUT2D eigenvalue weighted by atomic mass is 16.5. The molecule has 0 saturated heterocycles. The highest BCUT2D eigenvalue weighted by molar-refractivity contribution is 6.04. The topological polar surface area (TPSA) is 55.1 Å². The molecular weight excluding hydrogens is 228 g/mol. The van der Waals surface area contributed by atoms with Crippen LogP contribution in [0.3, 0.4) is 0 Å². The average molecular weight is 242 g/mol. The van der Waals surface area contributed by atoms with Gasteiger partial charge in [-0.1, -0.05) is 22.9 Å². The second-order valence-corrected chi connectivity index (χ2v) is 4.61. The van der Waals surface area contributed by atoms with E-state index in [0.29, 0.717) is 11.4 Å². The number of fused-ring (bicyclic) bond motifs is 1. The first-order valence-electron chi connectivity index (χ1n) is 6.09. The Hall–Kier alpha value is -2.10. The Bertz CT molecular complexity index is 602. The highest BCUT2D eigenvalue weighted by Crippen LogP contribution is 2.28. The van der Waals surface area contributed by atoms with E-state index < -0.39 is 0 Å². The lowest BCUT2D eigenvalue weighted by atomic mass is 10.1. The molecule has 0 spiro atoms. The molecule has 0 atom stereocenters. The summed E-state index contributed by atoms with van der Waals surface area (Å²) in [7, 11) is 0. The minimum atomic E-state index is -0.149. The molecule has 3 rings (SSSR count). The van der Waals surface area contributed by atoms with Crippen molar-refractivity contribution in [3.05, 3.63) is 46.6 Å². The van der Waals surface area contributed by atoms with E-state index in [-0.39, 0.29) is 5.91 Å². The molecule has 1 aromatic heterocycles. The Morgan fingerprint density at radius 1 is 1.39 bits per heavy atom. The molecule has 4 nitrogen and oxygen atoms in total. The summed E-state index contributed by atoms with van der Waals surface area (Å²) in [6.45, 7) is 1.96. The number of nitrogens with one attached hydrogen (secondary N) is 1. The van der Waals surface area contributed by atoms with Crippen LogP contribution in [-0.4, -0.2) is 11.1 Å². The number of hydrogen-bond acceptors (Lipinski definition) is 3. The molecule has 4 heteroatoms. The van der Waals surface area contributed by atoms with Crippen molar-refractivity contribution in [1.82, 2.24) is 5.16 Å². The van der Waals surface area contributed by atoms with Gasteiger partial charge in [0, 0.05) is 11.1 Å². The monoisotopic (exact) mass is 242 g/mol. The summed E-state index contributed by atoms with van der Waals surface area (Å²) in [6.07, 6.45) is 2.96. The van der Waals surface area contributed by atoms with Gasteiger partial charge in [-0.25, -0.2) is 0 Å². The first kappa shape index (κ1) is 11.0. The summed E-state index contributed by atoms with van der Waals surface area (Å²) >= 11 is 0. The number of hydrogen-bond donors (Lipinski definition) is 1. The normalized spacial score (nSPS) is 13.4. The van der Waals surface area contributed by atoms with Gasteiger partial charge in [-0.3, -0.25) is 10.1 Å². The maximum Gasteiger partial charge on any atom is 0.258 e. The zero-order chi connectivity index (χ0) is 12.5. The van der Waals surface area contributed by atoms with Crippen LogP contribution in [-0.2, 0) is 12.8 Å². The quantitative estimate of drug-likeness (QED) is 0.880. The zero-order valence-corrected chi connectivity index (χ0v) is 10.2. The van der Waals surface area contributed by atoms with Crippen LogP contribution in [0.5, 0.6) is 0 Å². The maximum atomic E-state index is 12.1. The fourth-order valence-electron chi connectivity index (χ4n) is 2.29. The lowest BCUT2D eigenvalue weighted by Gasteiger charge is -2.03. The summed E-state index contributed by atoms with van der Waals surface area (Å²) in [5, 5.41) is 6.77. The number of anilines is 1. The van der Waals surface area contributed by atoms with Crippen LogP contribution in [0, 0.1) is 6.92 Å². The first-order chi connectivity index (χ1) is 8.74. The van der Waals surface area contributed by atoms with Gasteiger partial charge in [-0.15, -0.1) is 0 Å². The summed E-state index contributed by atoms with van der Waals surface area (Å²) in [6, 6.07) is 7.48. The van der Waals surface area contributed by atoms with Gasteiger partial charge < -0.3 is 4.52 Å². The van der Waals surface area contributed by atoms with Gasteiger partial charge in [-0.05, 0) is 38.3 Å².